The first-order chi connectivity index (χ1) is 9.48. The lowest BCUT2D eigenvalue weighted by atomic mass is 10.1. The van der Waals surface area contributed by atoms with Crippen LogP contribution in [0.4, 0.5) is 0 Å². The smallest absolute Gasteiger partial charge is 0.243 e. The number of sulfonamides is 1. The third-order valence-corrected chi connectivity index (χ3v) is 5.79. The van der Waals surface area contributed by atoms with Gasteiger partial charge in [0.2, 0.25) is 10.0 Å². The largest absolute Gasteiger partial charge is 0.497 e. The van der Waals surface area contributed by atoms with Gasteiger partial charge in [-0.15, -0.1) is 0 Å². The van der Waals surface area contributed by atoms with Gasteiger partial charge in [0.15, 0.2) is 0 Å². The fourth-order valence-electron chi connectivity index (χ4n) is 2.49. The van der Waals surface area contributed by atoms with E-state index in [9.17, 15) is 8.42 Å². The molecule has 1 aliphatic rings. The van der Waals surface area contributed by atoms with Gasteiger partial charge >= 0.3 is 0 Å². The fraction of sp³-hybridized carbons (Fsp3) is 0.571. The first kappa shape index (κ1) is 15.3. The monoisotopic (exact) mass is 299 g/mol. The van der Waals surface area contributed by atoms with Crippen molar-refractivity contribution in [2.24, 2.45) is 0 Å². The summed E-state index contributed by atoms with van der Waals surface area (Å²) in [6.07, 6.45) is 1.65. The minimum atomic E-state index is -3.43. The molecular weight excluding hydrogens is 278 g/mol. The quantitative estimate of drug-likeness (QED) is 0.851. The molecule has 6 heteroatoms. The molecule has 0 amide bonds. The number of ether oxygens (including phenoxy) is 2. The summed E-state index contributed by atoms with van der Waals surface area (Å²) in [5, 5.41) is 0. The average Bonchev–Trinajstić information content (AvgIpc) is 2.46. The van der Waals surface area contributed by atoms with E-state index in [2.05, 4.69) is 0 Å². The Kier molecular flexibility index (Phi) is 4.67. The summed E-state index contributed by atoms with van der Waals surface area (Å²) < 4.78 is 37.2. The van der Waals surface area contributed by atoms with E-state index in [4.69, 9.17) is 9.47 Å². The number of aryl methyl sites for hydroxylation is 1. The molecule has 0 bridgehead atoms. The molecule has 0 aromatic heterocycles. The first-order valence-corrected chi connectivity index (χ1v) is 8.10. The van der Waals surface area contributed by atoms with Crippen LogP contribution in [-0.4, -0.2) is 46.1 Å². The van der Waals surface area contributed by atoms with E-state index in [1.165, 1.54) is 4.31 Å². The highest BCUT2D eigenvalue weighted by Gasteiger charge is 2.30. The lowest BCUT2D eigenvalue weighted by Crippen LogP contribution is -2.40. The summed E-state index contributed by atoms with van der Waals surface area (Å²) in [7, 11) is -0.190. The summed E-state index contributed by atoms with van der Waals surface area (Å²) >= 11 is 0. The number of piperidine rings is 1. The maximum absolute atomic E-state index is 12.6. The van der Waals surface area contributed by atoms with Crippen LogP contribution >= 0.6 is 0 Å². The predicted octanol–water partition coefficient (Wildman–Crippen LogP) is 1.80. The molecule has 5 nitrogen and oxygen atoms in total. The number of benzene rings is 1. The molecule has 1 saturated heterocycles. The molecular formula is C14H21NO4S. The van der Waals surface area contributed by atoms with Crippen molar-refractivity contribution in [1.82, 2.24) is 4.31 Å². The zero-order valence-electron chi connectivity index (χ0n) is 12.1. The summed E-state index contributed by atoms with van der Waals surface area (Å²) in [5.74, 6) is 0.666. The summed E-state index contributed by atoms with van der Waals surface area (Å²) in [5.41, 5.74) is 0.707. The molecule has 1 aromatic rings. The van der Waals surface area contributed by atoms with Gasteiger partial charge < -0.3 is 9.47 Å². The maximum Gasteiger partial charge on any atom is 0.243 e. The lowest BCUT2D eigenvalue weighted by molar-refractivity contribution is 0.0604. The summed E-state index contributed by atoms with van der Waals surface area (Å²) in [6, 6.07) is 5.04. The molecule has 1 heterocycles. The van der Waals surface area contributed by atoms with Crippen molar-refractivity contribution in [3.05, 3.63) is 23.8 Å². The Bertz CT molecular complexity index is 563. The van der Waals surface area contributed by atoms with Crippen LogP contribution < -0.4 is 4.74 Å². The second-order valence-corrected chi connectivity index (χ2v) is 6.88. The highest BCUT2D eigenvalue weighted by atomic mass is 32.2. The number of methoxy groups -OCH3 is 2. The van der Waals surface area contributed by atoms with Crippen LogP contribution in [0.25, 0.3) is 0 Å². The second kappa shape index (κ2) is 6.11. The molecule has 0 N–H and O–H groups in total. The highest BCUT2D eigenvalue weighted by molar-refractivity contribution is 7.89. The molecule has 0 atom stereocenters. The Labute approximate surface area is 120 Å². The molecule has 0 unspecified atom stereocenters. The van der Waals surface area contributed by atoms with Crippen LogP contribution in [0.15, 0.2) is 23.1 Å². The van der Waals surface area contributed by atoms with E-state index in [1.807, 2.05) is 0 Å². The van der Waals surface area contributed by atoms with Crippen molar-refractivity contribution in [3.63, 3.8) is 0 Å². The molecule has 1 aliphatic heterocycles. The number of nitrogens with zero attached hydrogens (tertiary/aromatic N) is 1. The molecule has 0 aliphatic carbocycles. The van der Waals surface area contributed by atoms with Crippen LogP contribution in [0.1, 0.15) is 18.4 Å². The molecule has 0 radical (unpaired) electrons. The molecule has 2 rings (SSSR count). The van der Waals surface area contributed by atoms with E-state index in [0.29, 0.717) is 29.3 Å². The molecule has 0 spiro atoms. The Morgan fingerprint density at radius 1 is 1.20 bits per heavy atom. The van der Waals surface area contributed by atoms with Gasteiger partial charge in [-0.05, 0) is 43.5 Å². The molecule has 1 aromatic carbocycles. The number of hydrogen-bond donors (Lipinski definition) is 0. The first-order valence-electron chi connectivity index (χ1n) is 6.66. The fourth-order valence-corrected chi connectivity index (χ4v) is 4.16. The van der Waals surface area contributed by atoms with Gasteiger partial charge in [-0.1, -0.05) is 0 Å². The second-order valence-electron chi connectivity index (χ2n) is 4.97. The number of rotatable bonds is 4. The minimum Gasteiger partial charge on any atom is -0.497 e. The Morgan fingerprint density at radius 2 is 1.85 bits per heavy atom. The van der Waals surface area contributed by atoms with Gasteiger partial charge in [-0.3, -0.25) is 0 Å². The van der Waals surface area contributed by atoms with Crippen LogP contribution in [0.2, 0.25) is 0 Å². The van der Waals surface area contributed by atoms with E-state index in [0.717, 1.165) is 12.8 Å². The highest BCUT2D eigenvalue weighted by Crippen LogP contribution is 2.26. The van der Waals surface area contributed by atoms with E-state index in [-0.39, 0.29) is 6.10 Å². The Morgan fingerprint density at radius 3 is 2.35 bits per heavy atom. The summed E-state index contributed by atoms with van der Waals surface area (Å²) in [6.45, 7) is 2.80. The zero-order valence-corrected chi connectivity index (χ0v) is 12.9. The Hall–Kier alpha value is -1.11. The minimum absolute atomic E-state index is 0.165. The zero-order chi connectivity index (χ0) is 14.8. The van der Waals surface area contributed by atoms with Crippen molar-refractivity contribution in [1.29, 1.82) is 0 Å². The van der Waals surface area contributed by atoms with Gasteiger partial charge in [0.25, 0.3) is 0 Å². The van der Waals surface area contributed by atoms with Crippen LogP contribution in [0, 0.1) is 6.92 Å². The number of hydrogen-bond acceptors (Lipinski definition) is 4. The van der Waals surface area contributed by atoms with Crippen molar-refractivity contribution in [3.8, 4) is 5.75 Å². The lowest BCUT2D eigenvalue weighted by Gasteiger charge is -2.30. The van der Waals surface area contributed by atoms with Gasteiger partial charge in [0.05, 0.1) is 18.1 Å². The van der Waals surface area contributed by atoms with Crippen molar-refractivity contribution >= 4 is 10.0 Å². The van der Waals surface area contributed by atoms with Gasteiger partial charge in [0.1, 0.15) is 5.75 Å². The standard InChI is InChI=1S/C14H21NO4S/c1-11-10-13(19-3)4-5-14(11)20(16,17)15-8-6-12(18-2)7-9-15/h4-5,10,12H,6-9H2,1-3H3. The van der Waals surface area contributed by atoms with Crippen LogP contribution in [0.5, 0.6) is 5.75 Å². The van der Waals surface area contributed by atoms with Crippen molar-refractivity contribution < 1.29 is 17.9 Å². The van der Waals surface area contributed by atoms with Crippen LogP contribution in [-0.2, 0) is 14.8 Å². The van der Waals surface area contributed by atoms with E-state index in [1.54, 1.807) is 39.3 Å². The van der Waals surface area contributed by atoms with Gasteiger partial charge in [-0.2, -0.15) is 4.31 Å². The molecule has 0 saturated carbocycles. The molecule has 112 valence electrons. The maximum atomic E-state index is 12.6. The predicted molar refractivity (Wildman–Crippen MR) is 76.5 cm³/mol. The van der Waals surface area contributed by atoms with Gasteiger partial charge in [-0.25, -0.2) is 8.42 Å². The topological polar surface area (TPSA) is 55.8 Å². The molecule has 1 fully saturated rings. The normalized spacial score (nSPS) is 18.1. The van der Waals surface area contributed by atoms with Crippen LogP contribution in [0.3, 0.4) is 0 Å². The van der Waals surface area contributed by atoms with E-state index >= 15 is 0 Å². The summed E-state index contributed by atoms with van der Waals surface area (Å²) in [4.78, 5) is 0.356. The SMILES string of the molecule is COc1ccc(S(=O)(=O)N2CCC(OC)CC2)c(C)c1. The third-order valence-electron chi connectivity index (χ3n) is 3.73. The van der Waals surface area contributed by atoms with E-state index < -0.39 is 10.0 Å². The van der Waals surface area contributed by atoms with Crippen molar-refractivity contribution in [2.75, 3.05) is 27.3 Å². The molecule has 20 heavy (non-hydrogen) atoms. The third kappa shape index (κ3) is 2.97. The average molecular weight is 299 g/mol. The van der Waals surface area contributed by atoms with Crippen molar-refractivity contribution in [2.45, 2.75) is 30.8 Å². The van der Waals surface area contributed by atoms with Gasteiger partial charge in [0, 0.05) is 20.2 Å². The Balaban J connectivity index is 2.23.